The first-order chi connectivity index (χ1) is 6.17. The van der Waals surface area contributed by atoms with Crippen molar-refractivity contribution in [2.45, 2.75) is 18.6 Å². The number of benzene rings is 1. The van der Waals surface area contributed by atoms with E-state index < -0.39 is 11.7 Å². The van der Waals surface area contributed by atoms with E-state index >= 15 is 0 Å². The summed E-state index contributed by atoms with van der Waals surface area (Å²) in [5, 5.41) is 9.43. The van der Waals surface area contributed by atoms with Crippen molar-refractivity contribution in [1.29, 1.82) is 0 Å². The van der Waals surface area contributed by atoms with Gasteiger partial charge in [-0.3, -0.25) is 0 Å². The van der Waals surface area contributed by atoms with Gasteiger partial charge in [-0.25, -0.2) is 4.39 Å². The second kappa shape index (κ2) is 2.79. The molecule has 1 aromatic carbocycles. The Morgan fingerprint density at radius 2 is 2.15 bits per heavy atom. The maximum absolute atomic E-state index is 13.3. The lowest BCUT2D eigenvalue weighted by atomic mass is 9.94. The Hall–Kier alpha value is -0.930. The van der Waals surface area contributed by atoms with Crippen LogP contribution in [-0.2, 0) is 10.3 Å². The van der Waals surface area contributed by atoms with Crippen molar-refractivity contribution in [3.05, 3.63) is 35.6 Å². The predicted molar refractivity (Wildman–Crippen MR) is 45.7 cm³/mol. The third kappa shape index (κ3) is 1.24. The zero-order chi connectivity index (χ0) is 9.47. The number of hydrogen-bond donors (Lipinski definition) is 1. The summed E-state index contributed by atoms with van der Waals surface area (Å²) in [4.78, 5) is 0. The minimum absolute atomic E-state index is 0.319. The summed E-state index contributed by atoms with van der Waals surface area (Å²) in [6, 6.07) is 6.39. The number of epoxide rings is 1. The van der Waals surface area contributed by atoms with Gasteiger partial charge in [0.15, 0.2) is 0 Å². The quantitative estimate of drug-likeness (QED) is 0.702. The van der Waals surface area contributed by atoms with Crippen LogP contribution in [0, 0.1) is 5.82 Å². The van der Waals surface area contributed by atoms with Gasteiger partial charge in [0.1, 0.15) is 11.4 Å². The van der Waals surface area contributed by atoms with E-state index in [9.17, 15) is 9.50 Å². The van der Waals surface area contributed by atoms with Crippen LogP contribution < -0.4 is 0 Å². The summed E-state index contributed by atoms with van der Waals surface area (Å²) in [6.45, 7) is 2.00. The summed E-state index contributed by atoms with van der Waals surface area (Å²) in [7, 11) is 0. The van der Waals surface area contributed by atoms with E-state index in [-0.39, 0.29) is 5.82 Å². The van der Waals surface area contributed by atoms with Crippen molar-refractivity contribution < 1.29 is 14.2 Å². The number of hydrogen-bond acceptors (Lipinski definition) is 2. The van der Waals surface area contributed by atoms with Crippen molar-refractivity contribution in [3.8, 4) is 0 Å². The highest BCUT2D eigenvalue weighted by atomic mass is 19.1. The molecule has 0 spiro atoms. The van der Waals surface area contributed by atoms with Gasteiger partial charge in [-0.1, -0.05) is 18.2 Å². The van der Waals surface area contributed by atoms with Crippen LogP contribution in [0.4, 0.5) is 4.39 Å². The monoisotopic (exact) mass is 182 g/mol. The van der Waals surface area contributed by atoms with Crippen LogP contribution in [0.3, 0.4) is 0 Å². The average molecular weight is 182 g/mol. The van der Waals surface area contributed by atoms with Gasteiger partial charge in [-0.05, 0) is 13.0 Å². The molecule has 2 nitrogen and oxygen atoms in total. The second-order valence-electron chi connectivity index (χ2n) is 3.33. The van der Waals surface area contributed by atoms with Gasteiger partial charge in [-0.15, -0.1) is 0 Å². The average Bonchev–Trinajstić information content (AvgIpc) is 2.85. The SMILES string of the molecule is C[C@H](O)[C@]1(c2ccccc2F)CO1. The van der Waals surface area contributed by atoms with Crippen molar-refractivity contribution in [2.75, 3.05) is 6.61 Å². The lowest BCUT2D eigenvalue weighted by molar-refractivity contribution is 0.0863. The Labute approximate surface area is 76.0 Å². The topological polar surface area (TPSA) is 32.8 Å². The molecular weight excluding hydrogens is 171 g/mol. The number of aliphatic hydroxyl groups excluding tert-OH is 1. The molecule has 0 unspecified atom stereocenters. The third-order valence-corrected chi connectivity index (χ3v) is 2.46. The zero-order valence-electron chi connectivity index (χ0n) is 7.33. The highest BCUT2D eigenvalue weighted by Crippen LogP contribution is 2.42. The summed E-state index contributed by atoms with van der Waals surface area (Å²) in [5.41, 5.74) is -0.337. The molecule has 2 atom stereocenters. The molecule has 3 heteroatoms. The van der Waals surface area contributed by atoms with Crippen LogP contribution in [0.15, 0.2) is 24.3 Å². The van der Waals surface area contributed by atoms with E-state index in [0.29, 0.717) is 12.2 Å². The Bertz CT molecular complexity index is 318. The molecule has 0 bridgehead atoms. The van der Waals surface area contributed by atoms with Gasteiger partial charge >= 0.3 is 0 Å². The summed E-state index contributed by atoms with van der Waals surface area (Å²) in [5.74, 6) is -0.319. The van der Waals surface area contributed by atoms with Gasteiger partial charge in [0, 0.05) is 5.56 Å². The third-order valence-electron chi connectivity index (χ3n) is 2.46. The summed E-state index contributed by atoms with van der Waals surface area (Å²) >= 11 is 0. The number of aliphatic hydroxyl groups is 1. The molecule has 0 radical (unpaired) electrons. The standard InChI is InChI=1S/C10H11FO2/c1-7(12)10(6-13-10)8-4-2-3-5-9(8)11/h2-5,7,12H,6H2,1H3/t7-,10-/m0/s1. The fourth-order valence-corrected chi connectivity index (χ4v) is 1.50. The molecule has 1 saturated heterocycles. The maximum Gasteiger partial charge on any atom is 0.145 e. The van der Waals surface area contributed by atoms with E-state index in [1.165, 1.54) is 6.07 Å². The van der Waals surface area contributed by atoms with E-state index in [2.05, 4.69) is 0 Å². The molecule has 0 amide bonds. The van der Waals surface area contributed by atoms with Crippen molar-refractivity contribution in [2.24, 2.45) is 0 Å². The Kier molecular flexibility index (Phi) is 1.86. The lowest BCUT2D eigenvalue weighted by Crippen LogP contribution is -2.25. The first-order valence-electron chi connectivity index (χ1n) is 4.24. The fourth-order valence-electron chi connectivity index (χ4n) is 1.50. The normalized spacial score (nSPS) is 28.5. The molecule has 70 valence electrons. The van der Waals surface area contributed by atoms with Crippen LogP contribution in [-0.4, -0.2) is 17.8 Å². The maximum atomic E-state index is 13.3. The van der Waals surface area contributed by atoms with E-state index in [1.807, 2.05) is 0 Å². The van der Waals surface area contributed by atoms with Crippen LogP contribution >= 0.6 is 0 Å². The largest absolute Gasteiger partial charge is 0.390 e. The number of ether oxygens (including phenoxy) is 1. The fraction of sp³-hybridized carbons (Fsp3) is 0.400. The smallest absolute Gasteiger partial charge is 0.145 e. The van der Waals surface area contributed by atoms with Crippen molar-refractivity contribution in [1.82, 2.24) is 0 Å². The molecule has 1 fully saturated rings. The van der Waals surface area contributed by atoms with E-state index in [1.54, 1.807) is 25.1 Å². The predicted octanol–water partition coefficient (Wildman–Crippen LogP) is 1.43. The van der Waals surface area contributed by atoms with E-state index in [4.69, 9.17) is 4.74 Å². The molecule has 1 heterocycles. The van der Waals surface area contributed by atoms with Gasteiger partial charge in [0.2, 0.25) is 0 Å². The lowest BCUT2D eigenvalue weighted by Gasteiger charge is -2.15. The molecule has 1 aromatic rings. The Balaban J connectivity index is 2.41. The number of halogens is 1. The Morgan fingerprint density at radius 1 is 1.54 bits per heavy atom. The minimum atomic E-state index is -0.786. The first kappa shape index (κ1) is 8.66. The highest BCUT2D eigenvalue weighted by Gasteiger charge is 2.52. The van der Waals surface area contributed by atoms with Crippen LogP contribution in [0.25, 0.3) is 0 Å². The molecule has 2 rings (SSSR count). The van der Waals surface area contributed by atoms with Gasteiger partial charge in [-0.2, -0.15) is 0 Å². The zero-order valence-corrected chi connectivity index (χ0v) is 7.33. The molecular formula is C10H11FO2. The van der Waals surface area contributed by atoms with Crippen LogP contribution in [0.5, 0.6) is 0 Å². The molecule has 0 saturated carbocycles. The van der Waals surface area contributed by atoms with Crippen molar-refractivity contribution >= 4 is 0 Å². The molecule has 1 N–H and O–H groups in total. The molecule has 0 aliphatic carbocycles. The summed E-state index contributed by atoms with van der Waals surface area (Å²) in [6.07, 6.45) is -0.676. The highest BCUT2D eigenvalue weighted by molar-refractivity contribution is 5.29. The van der Waals surface area contributed by atoms with Gasteiger partial charge in [0.25, 0.3) is 0 Å². The molecule has 13 heavy (non-hydrogen) atoms. The number of rotatable bonds is 2. The van der Waals surface area contributed by atoms with Crippen LogP contribution in [0.2, 0.25) is 0 Å². The van der Waals surface area contributed by atoms with Crippen molar-refractivity contribution in [3.63, 3.8) is 0 Å². The molecule has 1 aliphatic rings. The van der Waals surface area contributed by atoms with Gasteiger partial charge in [0.05, 0.1) is 12.7 Å². The van der Waals surface area contributed by atoms with Gasteiger partial charge < -0.3 is 9.84 Å². The van der Waals surface area contributed by atoms with Crippen LogP contribution in [0.1, 0.15) is 12.5 Å². The first-order valence-corrected chi connectivity index (χ1v) is 4.24. The second-order valence-corrected chi connectivity index (χ2v) is 3.33. The molecule has 1 aliphatic heterocycles. The summed E-state index contributed by atoms with van der Waals surface area (Å²) < 4.78 is 18.4. The Morgan fingerprint density at radius 3 is 2.62 bits per heavy atom. The van der Waals surface area contributed by atoms with E-state index in [0.717, 1.165) is 0 Å². The molecule has 0 aromatic heterocycles. The minimum Gasteiger partial charge on any atom is -0.390 e.